The summed E-state index contributed by atoms with van der Waals surface area (Å²) in [6.45, 7) is 1.65. The van der Waals surface area contributed by atoms with E-state index in [1.165, 1.54) is 16.7 Å². The molecule has 0 unspecified atom stereocenters. The Morgan fingerprint density at radius 2 is 1.36 bits per heavy atom. The fraction of sp³-hybridized carbons (Fsp3) is 0.310. The van der Waals surface area contributed by atoms with Crippen molar-refractivity contribution in [1.82, 2.24) is 4.90 Å². The van der Waals surface area contributed by atoms with E-state index in [0.29, 0.717) is 12.2 Å². The largest absolute Gasteiger partial charge is 0.476 e. The van der Waals surface area contributed by atoms with Crippen molar-refractivity contribution in [3.63, 3.8) is 0 Å². The lowest BCUT2D eigenvalue weighted by atomic mass is 9.93. The number of amides is 1. The average Bonchev–Trinajstić information content (AvgIpc) is 2.96. The molecule has 2 heterocycles. The Kier molecular flexibility index (Phi) is 8.54. The molecule has 0 aliphatic carbocycles. The van der Waals surface area contributed by atoms with Crippen molar-refractivity contribution in [2.75, 3.05) is 5.75 Å². The van der Waals surface area contributed by atoms with E-state index in [9.17, 15) is 14.2 Å². The van der Waals surface area contributed by atoms with Gasteiger partial charge in [-0.25, -0.2) is 9.36 Å². The van der Waals surface area contributed by atoms with Gasteiger partial charge >= 0.3 is 13.8 Å². The molecule has 0 N–H and O–H groups in total. The highest BCUT2D eigenvalue weighted by Crippen LogP contribution is 2.57. The highest BCUT2D eigenvalue weighted by Gasteiger charge is 2.60. The minimum atomic E-state index is -4.24. The SMILES string of the molecule is C[C@@]1(OP(=O)(OCc2ccccc2)OCc2ccccc2)CS[C@@H]2CC(=O)N2[C@H]1C(=O)OCc1ccccc1. The number of carbonyl (C=O) groups is 2. The number of fused-ring (bicyclic) bond motifs is 1. The van der Waals surface area contributed by atoms with Gasteiger partial charge in [0.05, 0.1) is 25.0 Å². The smallest absolute Gasteiger partial charge is 0.459 e. The minimum Gasteiger partial charge on any atom is -0.459 e. The Morgan fingerprint density at radius 3 is 1.85 bits per heavy atom. The summed E-state index contributed by atoms with van der Waals surface area (Å²) in [7, 11) is -4.24. The normalized spacial score (nSPS) is 22.6. The number of esters is 1. The summed E-state index contributed by atoms with van der Waals surface area (Å²) < 4.78 is 37.6. The molecule has 8 nitrogen and oxygen atoms in total. The number of hydrogen-bond donors (Lipinski definition) is 0. The number of thioether (sulfide) groups is 1. The third-order valence-electron chi connectivity index (χ3n) is 6.60. The molecular formula is C29H30NO7PS. The summed E-state index contributed by atoms with van der Waals surface area (Å²) >= 11 is 1.47. The maximum absolute atomic E-state index is 14.1. The Hall–Kier alpha value is -2.94. The first kappa shape index (κ1) is 27.6. The van der Waals surface area contributed by atoms with Crippen molar-refractivity contribution >= 4 is 31.5 Å². The molecule has 5 rings (SSSR count). The van der Waals surface area contributed by atoms with Crippen LogP contribution in [0.3, 0.4) is 0 Å². The van der Waals surface area contributed by atoms with Crippen LogP contribution in [-0.2, 0) is 52.3 Å². The molecule has 1 amide bonds. The molecule has 2 aliphatic heterocycles. The van der Waals surface area contributed by atoms with E-state index >= 15 is 0 Å². The van der Waals surface area contributed by atoms with Crippen LogP contribution in [-0.4, -0.2) is 39.5 Å². The number of ether oxygens (including phenoxy) is 1. The van der Waals surface area contributed by atoms with Crippen LogP contribution in [0.2, 0.25) is 0 Å². The molecule has 2 fully saturated rings. The highest BCUT2D eigenvalue weighted by atomic mass is 32.2. The van der Waals surface area contributed by atoms with E-state index in [2.05, 4.69) is 0 Å². The molecule has 10 heteroatoms. The van der Waals surface area contributed by atoms with Crippen LogP contribution in [0.1, 0.15) is 30.0 Å². The van der Waals surface area contributed by atoms with Gasteiger partial charge in [-0.2, -0.15) is 0 Å². The van der Waals surface area contributed by atoms with Crippen LogP contribution in [0.25, 0.3) is 0 Å². The number of β-lactam (4-membered cyclic amide) rings is 1. The second-order valence-electron chi connectivity index (χ2n) is 9.64. The Labute approximate surface area is 232 Å². The van der Waals surface area contributed by atoms with E-state index in [4.69, 9.17) is 18.3 Å². The predicted molar refractivity (Wildman–Crippen MR) is 147 cm³/mol. The highest BCUT2D eigenvalue weighted by molar-refractivity contribution is 8.00. The van der Waals surface area contributed by atoms with Gasteiger partial charge in [-0.1, -0.05) is 91.0 Å². The molecule has 0 aromatic heterocycles. The zero-order valence-corrected chi connectivity index (χ0v) is 23.2. The number of phosphoric acid groups is 1. The molecule has 2 aliphatic rings. The summed E-state index contributed by atoms with van der Waals surface area (Å²) in [6, 6.07) is 26.7. The number of carbonyl (C=O) groups excluding carboxylic acids is 2. The van der Waals surface area contributed by atoms with E-state index in [1.807, 2.05) is 91.0 Å². The standard InChI is InChI=1S/C29H30NO7PS/c1-29(21-39-26-17-25(31)30(26)27(29)28(32)34-18-22-11-5-2-6-12-22)37-38(33,35-19-23-13-7-3-8-14-23)36-20-24-15-9-4-10-16-24/h2-16,26-27H,17-21H2,1H3/t26-,27+,29-/m1/s1. The van der Waals surface area contributed by atoms with E-state index in [1.54, 1.807) is 6.92 Å². The fourth-order valence-electron chi connectivity index (χ4n) is 4.53. The monoisotopic (exact) mass is 567 g/mol. The van der Waals surface area contributed by atoms with Crippen molar-refractivity contribution < 1.29 is 32.5 Å². The summed E-state index contributed by atoms with van der Waals surface area (Å²) in [5.41, 5.74) is 0.982. The quantitative estimate of drug-likeness (QED) is 0.165. The van der Waals surface area contributed by atoms with E-state index < -0.39 is 25.4 Å². The Balaban J connectivity index is 1.38. The van der Waals surface area contributed by atoms with Gasteiger partial charge in [-0.3, -0.25) is 18.4 Å². The number of nitrogens with zero attached hydrogens (tertiary/aromatic N) is 1. The van der Waals surface area contributed by atoms with Gasteiger partial charge in [0.1, 0.15) is 12.2 Å². The van der Waals surface area contributed by atoms with Gasteiger partial charge in [0.15, 0.2) is 6.04 Å². The van der Waals surface area contributed by atoms with Crippen LogP contribution in [0.5, 0.6) is 0 Å². The molecule has 2 saturated heterocycles. The molecule has 3 aromatic rings. The van der Waals surface area contributed by atoms with Crippen LogP contribution in [0.15, 0.2) is 91.0 Å². The Bertz CT molecular complexity index is 1280. The molecule has 39 heavy (non-hydrogen) atoms. The van der Waals surface area contributed by atoms with Crippen LogP contribution in [0, 0.1) is 0 Å². The number of phosphoric ester groups is 1. The number of rotatable bonds is 11. The molecule has 0 saturated carbocycles. The molecule has 3 aromatic carbocycles. The average molecular weight is 568 g/mol. The molecule has 204 valence electrons. The van der Waals surface area contributed by atoms with Crippen molar-refractivity contribution in [1.29, 1.82) is 0 Å². The fourth-order valence-corrected chi connectivity index (χ4v) is 7.49. The lowest BCUT2D eigenvalue weighted by Crippen LogP contribution is -2.70. The minimum absolute atomic E-state index is 0.0233. The van der Waals surface area contributed by atoms with Gasteiger partial charge in [-0.15, -0.1) is 11.8 Å². The topological polar surface area (TPSA) is 91.4 Å². The summed E-state index contributed by atoms with van der Waals surface area (Å²) in [6.07, 6.45) is 0.329. The summed E-state index contributed by atoms with van der Waals surface area (Å²) in [4.78, 5) is 27.6. The van der Waals surface area contributed by atoms with Crippen molar-refractivity contribution in [3.05, 3.63) is 108 Å². The first-order valence-corrected chi connectivity index (χ1v) is 15.2. The van der Waals surface area contributed by atoms with Crippen molar-refractivity contribution in [3.8, 4) is 0 Å². The number of hydrogen-bond acceptors (Lipinski definition) is 8. The lowest BCUT2D eigenvalue weighted by molar-refractivity contribution is -0.174. The van der Waals surface area contributed by atoms with E-state index in [-0.39, 0.29) is 31.1 Å². The molecule has 0 spiro atoms. The van der Waals surface area contributed by atoms with Gasteiger partial charge < -0.3 is 9.64 Å². The van der Waals surface area contributed by atoms with Crippen molar-refractivity contribution in [2.24, 2.45) is 0 Å². The molecule has 3 atom stereocenters. The second kappa shape index (κ2) is 12.1. The second-order valence-corrected chi connectivity index (χ2v) is 12.4. The Morgan fingerprint density at radius 1 is 0.872 bits per heavy atom. The zero-order chi connectivity index (χ0) is 27.3. The molecular weight excluding hydrogens is 537 g/mol. The lowest BCUT2D eigenvalue weighted by Gasteiger charge is -2.54. The van der Waals surface area contributed by atoms with Crippen LogP contribution in [0.4, 0.5) is 0 Å². The molecule has 0 bridgehead atoms. The van der Waals surface area contributed by atoms with Gasteiger partial charge in [0.2, 0.25) is 5.91 Å². The van der Waals surface area contributed by atoms with Gasteiger partial charge in [0, 0.05) is 5.75 Å². The molecule has 0 radical (unpaired) electrons. The maximum atomic E-state index is 14.1. The first-order valence-electron chi connectivity index (χ1n) is 12.7. The van der Waals surface area contributed by atoms with Crippen LogP contribution < -0.4 is 0 Å². The first-order chi connectivity index (χ1) is 18.9. The van der Waals surface area contributed by atoms with Crippen LogP contribution >= 0.6 is 19.6 Å². The zero-order valence-electron chi connectivity index (χ0n) is 21.5. The summed E-state index contributed by atoms with van der Waals surface area (Å²) in [5.74, 6) is -0.522. The van der Waals surface area contributed by atoms with Crippen molar-refractivity contribution in [2.45, 2.75) is 50.2 Å². The summed E-state index contributed by atoms with van der Waals surface area (Å²) in [5, 5.41) is -0.168. The van der Waals surface area contributed by atoms with Gasteiger partial charge in [0.25, 0.3) is 0 Å². The maximum Gasteiger partial charge on any atom is 0.476 e. The third-order valence-corrected chi connectivity index (χ3v) is 9.65. The van der Waals surface area contributed by atoms with E-state index in [0.717, 1.165) is 16.7 Å². The number of benzene rings is 3. The predicted octanol–water partition coefficient (Wildman–Crippen LogP) is 5.72. The van der Waals surface area contributed by atoms with Gasteiger partial charge in [-0.05, 0) is 23.6 Å². The third kappa shape index (κ3) is 6.62.